The van der Waals surface area contributed by atoms with Gasteiger partial charge in [-0.15, -0.1) is 0 Å². The van der Waals surface area contributed by atoms with Crippen LogP contribution in [0.3, 0.4) is 0 Å². The molecule has 24 heavy (non-hydrogen) atoms. The van der Waals surface area contributed by atoms with E-state index in [0.717, 1.165) is 5.56 Å². The van der Waals surface area contributed by atoms with Gasteiger partial charge in [-0.05, 0) is 29.8 Å². The molecule has 0 radical (unpaired) electrons. The topological polar surface area (TPSA) is 23.8 Å². The van der Waals surface area contributed by atoms with Crippen LogP contribution in [0.2, 0.25) is 18.1 Å². The molecule has 2 aromatic carbocycles. The molecular weight excluding hydrogens is 306 g/mol. The first-order valence-corrected chi connectivity index (χ1v) is 11.5. The fraction of sp³-hybridized carbons (Fsp3) is 0.318. The van der Waals surface area contributed by atoms with Gasteiger partial charge in [0.25, 0.3) is 0 Å². The van der Waals surface area contributed by atoms with Gasteiger partial charge < -0.3 is 0 Å². The molecule has 0 aliphatic rings. The van der Waals surface area contributed by atoms with E-state index < -0.39 is 8.07 Å². The molecule has 0 spiro atoms. The molecule has 0 N–H and O–H groups in total. The zero-order valence-electron chi connectivity index (χ0n) is 14.8. The lowest BCUT2D eigenvalue weighted by Crippen LogP contribution is -2.39. The number of hydrogen-bond acceptors (Lipinski definition) is 1. The van der Waals surface area contributed by atoms with Crippen LogP contribution in [-0.4, -0.2) is 8.07 Å². The third-order valence-corrected chi connectivity index (χ3v) is 11.2. The van der Waals surface area contributed by atoms with E-state index in [0.29, 0.717) is 11.1 Å². The van der Waals surface area contributed by atoms with E-state index in [-0.39, 0.29) is 0 Å². The number of nitrogens with zero attached hydrogens (tertiary/aromatic N) is 1. The molecule has 0 saturated heterocycles. The summed E-state index contributed by atoms with van der Waals surface area (Å²) < 4.78 is 0. The lowest BCUT2D eigenvalue weighted by molar-refractivity contribution is 1.04. The Balaban J connectivity index is 2.49. The highest BCUT2D eigenvalue weighted by atomic mass is 28.3. The molecule has 0 bridgehead atoms. The Morgan fingerprint density at radius 2 is 1.42 bits per heavy atom. The van der Waals surface area contributed by atoms with Crippen LogP contribution >= 0.6 is 0 Å². The molecule has 0 aliphatic carbocycles. The lowest BCUT2D eigenvalue weighted by Gasteiger charge is -2.34. The van der Waals surface area contributed by atoms with Crippen LogP contribution in [0.25, 0.3) is 0 Å². The van der Waals surface area contributed by atoms with Crippen LogP contribution in [0.1, 0.15) is 43.0 Å². The molecule has 2 heteroatoms. The van der Waals surface area contributed by atoms with Gasteiger partial charge >= 0.3 is 0 Å². The van der Waals surface area contributed by atoms with Crippen molar-refractivity contribution in [2.24, 2.45) is 0 Å². The summed E-state index contributed by atoms with van der Waals surface area (Å²) in [5.41, 5.74) is 3.37. The first-order chi connectivity index (χ1) is 11.7. The Kier molecular flexibility index (Phi) is 6.41. The van der Waals surface area contributed by atoms with Crippen molar-refractivity contribution in [1.82, 2.24) is 0 Å². The van der Waals surface area contributed by atoms with Crippen LogP contribution in [0, 0.1) is 23.2 Å². The van der Waals surface area contributed by atoms with Crippen LogP contribution in [0.15, 0.2) is 54.6 Å². The molecule has 0 fully saturated rings. The Hall–Kier alpha value is -2.29. The molecule has 2 rings (SSSR count). The standard InChI is InChI=1S/C22H25NSi/c1-4-24(5-2,6-3)22(17-14-19-10-8-7-9-11-19)21-15-12-20(18-23)13-16-21/h7-13,15-16,22H,4-6H2,1-3H3. The Morgan fingerprint density at radius 3 is 1.92 bits per heavy atom. The average molecular weight is 332 g/mol. The minimum absolute atomic E-state index is 0.311. The molecule has 0 aliphatic heterocycles. The SMILES string of the molecule is CC[Si](CC)(CC)C(C#Cc1ccccc1)c1ccc(C#N)cc1. The zero-order valence-corrected chi connectivity index (χ0v) is 15.8. The quantitative estimate of drug-likeness (QED) is 0.506. The second kappa shape index (κ2) is 8.53. The van der Waals surface area contributed by atoms with Crippen molar-refractivity contribution < 1.29 is 0 Å². The summed E-state index contributed by atoms with van der Waals surface area (Å²) in [6.45, 7) is 6.96. The summed E-state index contributed by atoms with van der Waals surface area (Å²) in [5, 5.41) is 9.05. The van der Waals surface area contributed by atoms with Gasteiger partial charge in [-0.2, -0.15) is 5.26 Å². The first-order valence-electron chi connectivity index (χ1n) is 8.75. The van der Waals surface area contributed by atoms with Gasteiger partial charge in [0.2, 0.25) is 0 Å². The largest absolute Gasteiger partial charge is 0.192 e. The van der Waals surface area contributed by atoms with Gasteiger partial charge in [-0.3, -0.25) is 0 Å². The number of nitriles is 1. The van der Waals surface area contributed by atoms with Gasteiger partial charge in [-0.1, -0.05) is 81.1 Å². The van der Waals surface area contributed by atoms with Crippen molar-refractivity contribution in [3.8, 4) is 17.9 Å². The maximum atomic E-state index is 9.05. The average Bonchev–Trinajstić information content (AvgIpc) is 2.66. The maximum Gasteiger partial charge on any atom is 0.0991 e. The minimum Gasteiger partial charge on any atom is -0.192 e. The lowest BCUT2D eigenvalue weighted by atomic mass is 10.1. The van der Waals surface area contributed by atoms with E-state index >= 15 is 0 Å². The highest BCUT2D eigenvalue weighted by Crippen LogP contribution is 2.36. The van der Waals surface area contributed by atoms with Crippen molar-refractivity contribution in [3.05, 3.63) is 71.3 Å². The summed E-state index contributed by atoms with van der Waals surface area (Å²) >= 11 is 0. The molecule has 1 unspecified atom stereocenters. The molecular formula is C22H25NSi. The molecule has 0 saturated carbocycles. The first kappa shape index (κ1) is 18.1. The maximum absolute atomic E-state index is 9.05. The highest BCUT2D eigenvalue weighted by Gasteiger charge is 2.36. The molecule has 0 heterocycles. The van der Waals surface area contributed by atoms with E-state index in [1.807, 2.05) is 30.3 Å². The van der Waals surface area contributed by atoms with Crippen molar-refractivity contribution in [2.75, 3.05) is 0 Å². The summed E-state index contributed by atoms with van der Waals surface area (Å²) in [6.07, 6.45) is 0. The summed E-state index contributed by atoms with van der Waals surface area (Å²) in [4.78, 5) is 0. The fourth-order valence-corrected chi connectivity index (χ4v) is 7.38. The van der Waals surface area contributed by atoms with Crippen molar-refractivity contribution in [1.29, 1.82) is 5.26 Å². The van der Waals surface area contributed by atoms with Crippen LogP contribution < -0.4 is 0 Å². The summed E-state index contributed by atoms with van der Waals surface area (Å²) in [7, 11) is -1.53. The third-order valence-electron chi connectivity index (χ3n) is 5.23. The Labute approximate surface area is 147 Å². The molecule has 1 atom stereocenters. The second-order valence-corrected chi connectivity index (χ2v) is 11.6. The number of benzene rings is 2. The predicted octanol–water partition coefficient (Wildman–Crippen LogP) is 5.74. The molecule has 1 nitrogen and oxygen atoms in total. The van der Waals surface area contributed by atoms with E-state index in [4.69, 9.17) is 5.26 Å². The summed E-state index contributed by atoms with van der Waals surface area (Å²) in [5.74, 6) is 7.01. The highest BCUT2D eigenvalue weighted by molar-refractivity contribution is 6.81. The van der Waals surface area contributed by atoms with Crippen LogP contribution in [0.4, 0.5) is 0 Å². The zero-order chi connectivity index (χ0) is 17.4. The Bertz CT molecular complexity index is 732. The molecule has 0 aromatic heterocycles. The molecule has 122 valence electrons. The van der Waals surface area contributed by atoms with Crippen LogP contribution in [0.5, 0.6) is 0 Å². The number of rotatable bonds is 5. The Morgan fingerprint density at radius 1 is 0.833 bits per heavy atom. The predicted molar refractivity (Wildman–Crippen MR) is 104 cm³/mol. The second-order valence-electron chi connectivity index (χ2n) is 6.23. The molecule has 0 amide bonds. The number of hydrogen-bond donors (Lipinski definition) is 0. The van der Waals surface area contributed by atoms with Gasteiger partial charge in [0, 0.05) is 11.1 Å². The fourth-order valence-electron chi connectivity index (χ4n) is 3.38. The summed E-state index contributed by atoms with van der Waals surface area (Å²) in [6, 6.07) is 24.2. The third kappa shape index (κ3) is 3.96. The molecule has 2 aromatic rings. The van der Waals surface area contributed by atoms with E-state index in [1.54, 1.807) is 0 Å². The van der Waals surface area contributed by atoms with E-state index in [1.165, 1.54) is 23.7 Å². The smallest absolute Gasteiger partial charge is 0.0991 e. The van der Waals surface area contributed by atoms with Crippen molar-refractivity contribution in [2.45, 2.75) is 44.4 Å². The van der Waals surface area contributed by atoms with Crippen LogP contribution in [-0.2, 0) is 0 Å². The van der Waals surface area contributed by atoms with Crippen molar-refractivity contribution in [3.63, 3.8) is 0 Å². The van der Waals surface area contributed by atoms with Gasteiger partial charge in [0.1, 0.15) is 0 Å². The minimum atomic E-state index is -1.53. The van der Waals surface area contributed by atoms with Gasteiger partial charge in [0.05, 0.1) is 19.7 Å². The van der Waals surface area contributed by atoms with Gasteiger partial charge in [-0.25, -0.2) is 0 Å². The van der Waals surface area contributed by atoms with Gasteiger partial charge in [0.15, 0.2) is 0 Å². The monoisotopic (exact) mass is 331 g/mol. The normalized spacial score (nSPS) is 11.9. The van der Waals surface area contributed by atoms with Crippen molar-refractivity contribution >= 4 is 8.07 Å². The van der Waals surface area contributed by atoms with E-state index in [9.17, 15) is 0 Å². The van der Waals surface area contributed by atoms with E-state index in [2.05, 4.69) is 62.9 Å².